The van der Waals surface area contributed by atoms with Crippen molar-refractivity contribution in [3.63, 3.8) is 0 Å². The van der Waals surface area contributed by atoms with Crippen LogP contribution < -0.4 is 15.8 Å². The molecule has 33 heavy (non-hydrogen) atoms. The number of anilines is 2. The average Bonchev–Trinajstić information content (AvgIpc) is 3.15. The summed E-state index contributed by atoms with van der Waals surface area (Å²) in [5, 5.41) is 13.0. The van der Waals surface area contributed by atoms with Crippen molar-refractivity contribution in [3.8, 4) is 17.5 Å². The van der Waals surface area contributed by atoms with Crippen LogP contribution in [0.25, 0.3) is 16.7 Å². The monoisotopic (exact) mass is 543 g/mol. The summed E-state index contributed by atoms with van der Waals surface area (Å²) in [7, 11) is 1.47. The predicted molar refractivity (Wildman–Crippen MR) is 133 cm³/mol. The number of nitriles is 1. The molecule has 10 heteroatoms. The second-order valence-electron chi connectivity index (χ2n) is 7.01. The molecule has 1 aromatic heterocycles. The van der Waals surface area contributed by atoms with Crippen LogP contribution in [0.15, 0.2) is 53.0 Å². The minimum Gasteiger partial charge on any atom is -0.496 e. The summed E-state index contributed by atoms with van der Waals surface area (Å²) in [4.78, 5) is 16.6. The van der Waals surface area contributed by atoms with Gasteiger partial charge in [0.25, 0.3) is 5.91 Å². The molecule has 0 aliphatic rings. The molecule has 0 bridgehead atoms. The molecule has 1 heterocycles. The molecule has 0 saturated heterocycles. The third-order valence-electron chi connectivity index (χ3n) is 5.00. The number of fused-ring (bicyclic) bond motifs is 1. The zero-order valence-corrected chi connectivity index (χ0v) is 20.3. The van der Waals surface area contributed by atoms with E-state index in [0.29, 0.717) is 44.0 Å². The van der Waals surface area contributed by atoms with E-state index in [0.717, 1.165) is 10.2 Å². The molecule has 0 unspecified atom stereocenters. The summed E-state index contributed by atoms with van der Waals surface area (Å²) in [6.07, 6.45) is 0.132. The van der Waals surface area contributed by atoms with Crippen LogP contribution in [0.3, 0.4) is 0 Å². The van der Waals surface area contributed by atoms with Crippen molar-refractivity contribution >= 4 is 67.7 Å². The number of imidazole rings is 1. The summed E-state index contributed by atoms with van der Waals surface area (Å²) < 4.78 is 8.15. The SMILES string of the molecule is COc1cc2c(cc1C(N)=O)nc(Nc1c(Cl)ccc(CC#N)c1Cl)n2-c1ccc(Br)cc1. The van der Waals surface area contributed by atoms with Crippen LogP contribution in [-0.2, 0) is 6.42 Å². The van der Waals surface area contributed by atoms with Gasteiger partial charge in [-0.2, -0.15) is 5.26 Å². The number of nitrogens with two attached hydrogens (primary N) is 1. The Hall–Kier alpha value is -3.25. The van der Waals surface area contributed by atoms with Gasteiger partial charge in [-0.3, -0.25) is 9.36 Å². The maximum absolute atomic E-state index is 11.9. The van der Waals surface area contributed by atoms with Gasteiger partial charge in [-0.15, -0.1) is 0 Å². The van der Waals surface area contributed by atoms with Crippen LogP contribution in [0, 0.1) is 11.3 Å². The van der Waals surface area contributed by atoms with Crippen LogP contribution in [0.4, 0.5) is 11.6 Å². The molecule has 1 amide bonds. The Morgan fingerprint density at radius 1 is 1.24 bits per heavy atom. The van der Waals surface area contributed by atoms with Crippen molar-refractivity contribution in [1.82, 2.24) is 9.55 Å². The van der Waals surface area contributed by atoms with Gasteiger partial charge in [0.1, 0.15) is 5.75 Å². The summed E-state index contributed by atoms with van der Waals surface area (Å²) in [6.45, 7) is 0. The molecule has 166 valence electrons. The van der Waals surface area contributed by atoms with Gasteiger partial charge in [0, 0.05) is 16.2 Å². The smallest absolute Gasteiger partial charge is 0.252 e. The van der Waals surface area contributed by atoms with Gasteiger partial charge < -0.3 is 15.8 Å². The molecular formula is C23H16BrCl2N5O2. The highest BCUT2D eigenvalue weighted by atomic mass is 79.9. The molecular weight excluding hydrogens is 529 g/mol. The number of carbonyl (C=O) groups is 1. The Kier molecular flexibility index (Phi) is 6.47. The number of methoxy groups -OCH3 is 1. The lowest BCUT2D eigenvalue weighted by atomic mass is 10.1. The highest BCUT2D eigenvalue weighted by Crippen LogP contribution is 2.38. The summed E-state index contributed by atoms with van der Waals surface area (Å²) >= 11 is 16.4. The first-order valence-corrected chi connectivity index (χ1v) is 11.2. The second-order valence-corrected chi connectivity index (χ2v) is 8.71. The number of amides is 1. The molecule has 0 radical (unpaired) electrons. The van der Waals surface area contributed by atoms with E-state index in [4.69, 9.17) is 38.9 Å². The zero-order chi connectivity index (χ0) is 23.7. The lowest BCUT2D eigenvalue weighted by Crippen LogP contribution is -2.12. The van der Waals surface area contributed by atoms with Crippen LogP contribution in [0.1, 0.15) is 15.9 Å². The van der Waals surface area contributed by atoms with E-state index < -0.39 is 5.91 Å². The topological polar surface area (TPSA) is 106 Å². The minimum absolute atomic E-state index is 0.132. The Balaban J connectivity index is 1.97. The van der Waals surface area contributed by atoms with Crippen LogP contribution in [0.5, 0.6) is 5.75 Å². The number of rotatable bonds is 6. The number of hydrogen-bond acceptors (Lipinski definition) is 5. The number of nitrogens with one attached hydrogen (secondary N) is 1. The van der Waals surface area contributed by atoms with Crippen LogP contribution >= 0.6 is 39.1 Å². The fourth-order valence-electron chi connectivity index (χ4n) is 3.45. The van der Waals surface area contributed by atoms with Crippen molar-refractivity contribution in [3.05, 3.63) is 74.2 Å². The van der Waals surface area contributed by atoms with Gasteiger partial charge in [-0.05, 0) is 42.0 Å². The number of carbonyl (C=O) groups excluding carboxylic acids is 1. The van der Waals surface area contributed by atoms with Crippen LogP contribution in [0.2, 0.25) is 10.0 Å². The Bertz CT molecular complexity index is 1430. The number of aromatic nitrogens is 2. The Morgan fingerprint density at radius 2 is 1.97 bits per heavy atom. The highest BCUT2D eigenvalue weighted by molar-refractivity contribution is 9.10. The van der Waals surface area contributed by atoms with E-state index in [2.05, 4.69) is 32.3 Å². The first kappa shape index (κ1) is 22.9. The number of benzene rings is 3. The molecule has 4 aromatic rings. The first-order chi connectivity index (χ1) is 15.8. The van der Waals surface area contributed by atoms with E-state index in [-0.39, 0.29) is 12.0 Å². The van der Waals surface area contributed by atoms with Gasteiger partial charge in [-0.25, -0.2) is 4.98 Å². The lowest BCUT2D eigenvalue weighted by Gasteiger charge is -2.15. The van der Waals surface area contributed by atoms with Gasteiger partial charge in [0.2, 0.25) is 5.95 Å². The number of nitrogens with zero attached hydrogens (tertiary/aromatic N) is 3. The van der Waals surface area contributed by atoms with E-state index in [1.54, 1.807) is 24.3 Å². The van der Waals surface area contributed by atoms with Gasteiger partial charge >= 0.3 is 0 Å². The van der Waals surface area contributed by atoms with Crippen molar-refractivity contribution < 1.29 is 9.53 Å². The molecule has 3 N–H and O–H groups in total. The lowest BCUT2D eigenvalue weighted by molar-refractivity contribution is 0.0997. The Morgan fingerprint density at radius 3 is 2.61 bits per heavy atom. The van der Waals surface area contributed by atoms with Crippen LogP contribution in [-0.4, -0.2) is 22.6 Å². The number of primary amides is 1. The summed E-state index contributed by atoms with van der Waals surface area (Å²) in [5.41, 5.74) is 8.76. The number of halogens is 3. The number of hydrogen-bond donors (Lipinski definition) is 2. The molecule has 4 rings (SSSR count). The molecule has 0 fully saturated rings. The molecule has 0 saturated carbocycles. The predicted octanol–water partition coefficient (Wildman–Crippen LogP) is 6.01. The second kappa shape index (κ2) is 9.32. The summed E-state index contributed by atoms with van der Waals surface area (Å²) in [6, 6.07) is 16.3. The third kappa shape index (κ3) is 4.35. The van der Waals surface area contributed by atoms with E-state index in [9.17, 15) is 4.79 Å². The standard InChI is InChI=1S/C23H16BrCl2N5O2/c1-33-19-11-18-17(10-15(19)22(28)32)29-23(31(18)14-5-3-13(24)4-6-14)30-21-16(25)7-2-12(8-9-27)20(21)26/h2-7,10-11H,8H2,1H3,(H2,28,32)(H,29,30). The zero-order valence-electron chi connectivity index (χ0n) is 17.2. The third-order valence-corrected chi connectivity index (χ3v) is 6.28. The van der Waals surface area contributed by atoms with Gasteiger partial charge in [0.15, 0.2) is 0 Å². The minimum atomic E-state index is -0.628. The van der Waals surface area contributed by atoms with Gasteiger partial charge in [-0.1, -0.05) is 45.2 Å². The molecule has 0 atom stereocenters. The average molecular weight is 545 g/mol. The maximum Gasteiger partial charge on any atom is 0.252 e. The van der Waals surface area contributed by atoms with E-state index in [1.165, 1.54) is 7.11 Å². The maximum atomic E-state index is 11.9. The largest absolute Gasteiger partial charge is 0.496 e. The normalized spacial score (nSPS) is 10.8. The summed E-state index contributed by atoms with van der Waals surface area (Å²) in [5.74, 6) is 0.0949. The quantitative estimate of drug-likeness (QED) is 0.309. The number of ether oxygens (including phenoxy) is 1. The highest BCUT2D eigenvalue weighted by Gasteiger charge is 2.20. The van der Waals surface area contributed by atoms with Gasteiger partial charge in [0.05, 0.1) is 51.9 Å². The molecule has 0 spiro atoms. The molecule has 3 aromatic carbocycles. The molecule has 7 nitrogen and oxygen atoms in total. The fourth-order valence-corrected chi connectivity index (χ4v) is 4.24. The van der Waals surface area contributed by atoms with Crippen molar-refractivity contribution in [2.75, 3.05) is 12.4 Å². The molecule has 0 aliphatic heterocycles. The molecule has 0 aliphatic carbocycles. The van der Waals surface area contributed by atoms with E-state index in [1.807, 2.05) is 28.8 Å². The van der Waals surface area contributed by atoms with Crippen molar-refractivity contribution in [2.45, 2.75) is 6.42 Å². The first-order valence-electron chi connectivity index (χ1n) is 9.61. The Labute approximate surface area is 207 Å². The van der Waals surface area contributed by atoms with E-state index >= 15 is 0 Å². The van der Waals surface area contributed by atoms with Crippen molar-refractivity contribution in [1.29, 1.82) is 5.26 Å². The van der Waals surface area contributed by atoms with Crippen molar-refractivity contribution in [2.24, 2.45) is 5.73 Å². The fraction of sp³-hybridized carbons (Fsp3) is 0.0870.